The van der Waals surface area contributed by atoms with E-state index in [0.717, 1.165) is 28.0 Å². The highest BCUT2D eigenvalue weighted by Gasteiger charge is 2.20. The fraction of sp³-hybridized carbons (Fsp3) is 0.154. The van der Waals surface area contributed by atoms with Gasteiger partial charge in [0.05, 0.1) is 22.9 Å². The molecular weight excluding hydrogens is 430 g/mol. The van der Waals surface area contributed by atoms with Crippen LogP contribution >= 0.6 is 0 Å². The zero-order valence-electron chi connectivity index (χ0n) is 18.9. The lowest BCUT2D eigenvalue weighted by Crippen LogP contribution is -2.23. The van der Waals surface area contributed by atoms with E-state index < -0.39 is 0 Å². The highest BCUT2D eigenvalue weighted by Crippen LogP contribution is 2.27. The van der Waals surface area contributed by atoms with Gasteiger partial charge < -0.3 is 14.5 Å². The van der Waals surface area contributed by atoms with E-state index in [1.165, 1.54) is 0 Å². The number of aromatic nitrogens is 4. The third-order valence-corrected chi connectivity index (χ3v) is 5.49. The number of rotatable bonds is 7. The number of pyridine rings is 2. The molecule has 0 aliphatic rings. The largest absolute Gasteiger partial charge is 0.489 e. The maximum atomic E-state index is 13.2. The molecule has 1 amide bonds. The van der Waals surface area contributed by atoms with Crippen molar-refractivity contribution in [2.24, 2.45) is 7.05 Å². The van der Waals surface area contributed by atoms with Crippen molar-refractivity contribution >= 4 is 16.9 Å². The molecule has 0 fully saturated rings. The Morgan fingerprint density at radius 2 is 1.97 bits per heavy atom. The van der Waals surface area contributed by atoms with Gasteiger partial charge in [-0.2, -0.15) is 5.10 Å². The number of ether oxygens (including phenoxy) is 1. The van der Waals surface area contributed by atoms with Crippen LogP contribution in [0.1, 0.15) is 27.2 Å². The van der Waals surface area contributed by atoms with Crippen molar-refractivity contribution in [3.63, 3.8) is 0 Å². The molecule has 5 aromatic rings. The summed E-state index contributed by atoms with van der Waals surface area (Å²) in [5.41, 5.74) is 4.44. The summed E-state index contributed by atoms with van der Waals surface area (Å²) >= 11 is 0. The smallest absolute Gasteiger partial charge is 0.252 e. The summed E-state index contributed by atoms with van der Waals surface area (Å²) in [5.74, 6) is 1.15. The number of furan rings is 1. The number of nitrogens with one attached hydrogen (secondary N) is 1. The minimum absolute atomic E-state index is 0.201. The van der Waals surface area contributed by atoms with Gasteiger partial charge in [-0.3, -0.25) is 14.5 Å². The van der Waals surface area contributed by atoms with Crippen LogP contribution in [0.5, 0.6) is 5.75 Å². The SMILES string of the molecule is Cc1nn(C)c2nc(-c3ccco3)cc(C(=O)NCc3ccc(OCc4cccnc4)cc3)c12. The van der Waals surface area contributed by atoms with Crippen LogP contribution in [0.25, 0.3) is 22.5 Å². The zero-order valence-corrected chi connectivity index (χ0v) is 18.9. The van der Waals surface area contributed by atoms with Gasteiger partial charge in [0.2, 0.25) is 0 Å². The minimum atomic E-state index is -0.201. The zero-order chi connectivity index (χ0) is 23.5. The van der Waals surface area contributed by atoms with Crippen LogP contribution in [0.15, 0.2) is 77.7 Å². The standard InChI is InChI=1S/C26H23N5O3/c1-17-24-21(13-22(23-6-4-12-33-23)29-25(24)31(2)30-17)26(32)28-15-18-7-9-20(10-8-18)34-16-19-5-3-11-27-14-19/h3-14H,15-16H2,1-2H3,(H,28,32). The molecule has 34 heavy (non-hydrogen) atoms. The monoisotopic (exact) mass is 453 g/mol. The summed E-state index contributed by atoms with van der Waals surface area (Å²) in [6, 6.07) is 16.9. The molecule has 4 aromatic heterocycles. The van der Waals surface area contributed by atoms with Crippen molar-refractivity contribution in [1.82, 2.24) is 25.1 Å². The van der Waals surface area contributed by atoms with Crippen LogP contribution in [-0.4, -0.2) is 25.7 Å². The average Bonchev–Trinajstić information content (AvgIpc) is 3.50. The molecule has 0 spiro atoms. The molecule has 5 rings (SSSR count). The Kier molecular flexibility index (Phi) is 5.78. The molecule has 0 unspecified atom stereocenters. The van der Waals surface area contributed by atoms with Crippen LogP contribution < -0.4 is 10.1 Å². The van der Waals surface area contributed by atoms with Gasteiger partial charge in [0.25, 0.3) is 5.91 Å². The van der Waals surface area contributed by atoms with E-state index in [1.54, 1.807) is 35.5 Å². The van der Waals surface area contributed by atoms with Crippen molar-refractivity contribution in [2.75, 3.05) is 0 Å². The lowest BCUT2D eigenvalue weighted by Gasteiger charge is -2.10. The first-order chi connectivity index (χ1) is 16.6. The number of fused-ring (bicyclic) bond motifs is 1. The maximum Gasteiger partial charge on any atom is 0.252 e. The number of amides is 1. The van der Waals surface area contributed by atoms with Crippen LogP contribution in [-0.2, 0) is 20.2 Å². The molecule has 1 N–H and O–H groups in total. The average molecular weight is 454 g/mol. The Balaban J connectivity index is 1.31. The molecule has 0 radical (unpaired) electrons. The van der Waals surface area contributed by atoms with Gasteiger partial charge in [0, 0.05) is 31.5 Å². The Hall–Kier alpha value is -4.46. The number of nitrogens with zero attached hydrogens (tertiary/aromatic N) is 4. The molecule has 0 aliphatic heterocycles. The number of hydrogen-bond donors (Lipinski definition) is 1. The Morgan fingerprint density at radius 1 is 1.12 bits per heavy atom. The lowest BCUT2D eigenvalue weighted by atomic mass is 10.1. The van der Waals surface area contributed by atoms with Gasteiger partial charge in [-0.25, -0.2) is 4.98 Å². The molecule has 8 heteroatoms. The van der Waals surface area contributed by atoms with E-state index in [4.69, 9.17) is 9.15 Å². The fourth-order valence-electron chi connectivity index (χ4n) is 3.81. The molecule has 0 aliphatic carbocycles. The molecule has 0 atom stereocenters. The van der Waals surface area contributed by atoms with E-state index >= 15 is 0 Å². The van der Waals surface area contributed by atoms with Gasteiger partial charge in [-0.15, -0.1) is 0 Å². The molecular formula is C26H23N5O3. The summed E-state index contributed by atoms with van der Waals surface area (Å²) < 4.78 is 13.0. The van der Waals surface area contributed by atoms with E-state index in [-0.39, 0.29) is 5.91 Å². The number of benzene rings is 1. The van der Waals surface area contributed by atoms with Gasteiger partial charge in [0.15, 0.2) is 11.4 Å². The van der Waals surface area contributed by atoms with Gasteiger partial charge in [-0.1, -0.05) is 18.2 Å². The predicted octanol–water partition coefficient (Wildman–Crippen LogP) is 4.44. The summed E-state index contributed by atoms with van der Waals surface area (Å²) in [4.78, 5) is 21.9. The molecule has 4 heterocycles. The number of carbonyl (C=O) groups is 1. The summed E-state index contributed by atoms with van der Waals surface area (Å²) in [5, 5.41) is 8.19. The molecule has 0 saturated heterocycles. The van der Waals surface area contributed by atoms with Crippen molar-refractivity contribution in [3.05, 3.63) is 95.6 Å². The van der Waals surface area contributed by atoms with Crippen molar-refractivity contribution in [1.29, 1.82) is 0 Å². The number of carbonyl (C=O) groups excluding carboxylic acids is 1. The maximum absolute atomic E-state index is 13.2. The van der Waals surface area contributed by atoms with Crippen molar-refractivity contribution in [3.8, 4) is 17.2 Å². The highest BCUT2D eigenvalue weighted by atomic mass is 16.5. The highest BCUT2D eigenvalue weighted by molar-refractivity contribution is 6.07. The first-order valence-corrected chi connectivity index (χ1v) is 10.9. The topological polar surface area (TPSA) is 95.1 Å². The van der Waals surface area contributed by atoms with E-state index in [1.807, 2.05) is 56.4 Å². The number of aryl methyl sites for hydroxylation is 2. The Labute approximate surface area is 196 Å². The van der Waals surface area contributed by atoms with Crippen molar-refractivity contribution < 1.29 is 13.9 Å². The van der Waals surface area contributed by atoms with Crippen LogP contribution in [0.3, 0.4) is 0 Å². The second-order valence-corrected chi connectivity index (χ2v) is 7.92. The second-order valence-electron chi connectivity index (χ2n) is 7.92. The van der Waals surface area contributed by atoms with Crippen LogP contribution in [0.2, 0.25) is 0 Å². The molecule has 0 saturated carbocycles. The fourth-order valence-corrected chi connectivity index (χ4v) is 3.81. The third kappa shape index (κ3) is 4.38. The van der Waals surface area contributed by atoms with Gasteiger partial charge >= 0.3 is 0 Å². The Bertz CT molecular complexity index is 1430. The quantitative estimate of drug-likeness (QED) is 0.391. The van der Waals surface area contributed by atoms with E-state index in [9.17, 15) is 4.79 Å². The molecule has 0 bridgehead atoms. The van der Waals surface area contributed by atoms with E-state index in [0.29, 0.717) is 35.8 Å². The van der Waals surface area contributed by atoms with Crippen LogP contribution in [0, 0.1) is 6.92 Å². The lowest BCUT2D eigenvalue weighted by molar-refractivity contribution is 0.0952. The summed E-state index contributed by atoms with van der Waals surface area (Å²) in [6.45, 7) is 2.70. The van der Waals surface area contributed by atoms with Gasteiger partial charge in [0.1, 0.15) is 18.1 Å². The predicted molar refractivity (Wildman–Crippen MR) is 127 cm³/mol. The van der Waals surface area contributed by atoms with Crippen molar-refractivity contribution in [2.45, 2.75) is 20.1 Å². The molecule has 170 valence electrons. The normalized spacial score (nSPS) is 11.0. The molecule has 8 nitrogen and oxygen atoms in total. The van der Waals surface area contributed by atoms with Crippen LogP contribution in [0.4, 0.5) is 0 Å². The minimum Gasteiger partial charge on any atom is -0.489 e. The molecule has 1 aromatic carbocycles. The summed E-state index contributed by atoms with van der Waals surface area (Å²) in [6.07, 6.45) is 5.10. The third-order valence-electron chi connectivity index (χ3n) is 5.49. The second kappa shape index (κ2) is 9.19. The summed E-state index contributed by atoms with van der Waals surface area (Å²) in [7, 11) is 1.81. The first kappa shape index (κ1) is 21.4. The van der Waals surface area contributed by atoms with Gasteiger partial charge in [-0.05, 0) is 48.9 Å². The number of hydrogen-bond acceptors (Lipinski definition) is 6. The first-order valence-electron chi connectivity index (χ1n) is 10.9. The Morgan fingerprint density at radius 3 is 2.71 bits per heavy atom. The van der Waals surface area contributed by atoms with E-state index in [2.05, 4.69) is 20.4 Å².